The molecule has 3 rings (SSSR count). The first-order chi connectivity index (χ1) is 17.4. The fraction of sp³-hybridized carbons (Fsp3) is 0.192. The largest absolute Gasteiger partial charge is 0.461 e. The van der Waals surface area contributed by atoms with Crippen molar-refractivity contribution in [2.75, 3.05) is 12.4 Å². The minimum atomic E-state index is -4.83. The molecule has 194 valence electrons. The van der Waals surface area contributed by atoms with E-state index in [1.54, 1.807) is 24.3 Å². The Hall–Kier alpha value is -3.50. The van der Waals surface area contributed by atoms with E-state index >= 15 is 0 Å². The molecular weight excluding hydrogens is 529 g/mol. The molecule has 0 aliphatic heterocycles. The van der Waals surface area contributed by atoms with Crippen LogP contribution in [0, 0.1) is 12.3 Å². The number of sulfone groups is 1. The Morgan fingerprint density at radius 1 is 0.973 bits per heavy atom. The van der Waals surface area contributed by atoms with Crippen molar-refractivity contribution in [2.24, 2.45) is 4.99 Å². The smallest absolute Gasteiger partial charge is 0.429 e. The summed E-state index contributed by atoms with van der Waals surface area (Å²) in [4.78, 5) is 16.7. The molecule has 0 saturated carbocycles. The Morgan fingerprint density at radius 3 is 2.16 bits per heavy atom. The topological polar surface area (TPSA) is 96.7 Å². The first kappa shape index (κ1) is 28.1. The molecule has 0 aliphatic carbocycles. The Kier molecular flexibility index (Phi) is 8.88. The number of carbonyl (C=O) groups excluding carboxylic acids is 1. The number of nitrogens with zero attached hydrogens (tertiary/aromatic N) is 1. The van der Waals surface area contributed by atoms with Crippen molar-refractivity contribution >= 4 is 44.5 Å². The summed E-state index contributed by atoms with van der Waals surface area (Å²) >= 11 is 6.09. The first-order valence-corrected chi connectivity index (χ1v) is 12.9. The van der Waals surface area contributed by atoms with Crippen LogP contribution < -0.4 is 0 Å². The molecule has 0 heterocycles. The lowest BCUT2D eigenvalue weighted by atomic mass is 10.0. The van der Waals surface area contributed by atoms with Crippen LogP contribution in [-0.2, 0) is 14.6 Å². The summed E-state index contributed by atoms with van der Waals surface area (Å²) < 4.78 is 69.0. The highest BCUT2D eigenvalue weighted by molar-refractivity contribution is 7.91. The molecule has 0 spiro atoms. The molecule has 0 aliphatic rings. The van der Waals surface area contributed by atoms with Gasteiger partial charge in [0, 0.05) is 6.42 Å². The lowest BCUT2D eigenvalue weighted by Crippen LogP contribution is -2.25. The number of rotatable bonds is 9. The molecule has 0 amide bonds. The molecule has 6 nitrogen and oxygen atoms in total. The average Bonchev–Trinajstić information content (AvgIpc) is 2.84. The predicted molar refractivity (Wildman–Crippen MR) is 136 cm³/mol. The van der Waals surface area contributed by atoms with E-state index in [4.69, 9.17) is 21.7 Å². The summed E-state index contributed by atoms with van der Waals surface area (Å²) in [5, 5.41) is 7.61. The van der Waals surface area contributed by atoms with E-state index < -0.39 is 39.9 Å². The van der Waals surface area contributed by atoms with E-state index in [2.05, 4.69) is 4.99 Å². The van der Waals surface area contributed by atoms with Gasteiger partial charge in [0.1, 0.15) is 12.3 Å². The second-order valence-corrected chi connectivity index (χ2v) is 10.5. The van der Waals surface area contributed by atoms with Crippen molar-refractivity contribution in [1.29, 1.82) is 5.41 Å². The maximum atomic E-state index is 13.0. The first-order valence-electron chi connectivity index (χ1n) is 10.9. The molecule has 11 heteroatoms. The molecule has 0 bridgehead atoms. The molecule has 0 radical (unpaired) electrons. The number of esters is 1. The summed E-state index contributed by atoms with van der Waals surface area (Å²) in [6, 6.07) is 18.0. The number of para-hydroxylation sites is 1. The van der Waals surface area contributed by atoms with Gasteiger partial charge in [0.2, 0.25) is 0 Å². The second-order valence-electron chi connectivity index (χ2n) is 8.01. The molecule has 0 unspecified atom stereocenters. The number of aliphatic imine (C=N–C) groups is 1. The molecule has 0 fully saturated rings. The Morgan fingerprint density at radius 2 is 1.57 bits per heavy atom. The van der Waals surface area contributed by atoms with Crippen molar-refractivity contribution in [2.45, 2.75) is 24.4 Å². The van der Waals surface area contributed by atoms with Gasteiger partial charge in [0.25, 0.3) is 0 Å². The maximum Gasteiger partial charge on any atom is 0.429 e. The van der Waals surface area contributed by atoms with Crippen molar-refractivity contribution in [3.8, 4) is 0 Å². The third kappa shape index (κ3) is 7.74. The number of ether oxygens (including phenoxy) is 1. The van der Waals surface area contributed by atoms with Gasteiger partial charge in [-0.2, -0.15) is 13.2 Å². The van der Waals surface area contributed by atoms with Crippen molar-refractivity contribution in [3.05, 3.63) is 94.5 Å². The van der Waals surface area contributed by atoms with Gasteiger partial charge >= 0.3 is 12.1 Å². The number of halogens is 4. The SMILES string of the molecule is Cc1ccc(S(=O)(=O)CCOC(=O)c2ccc(C(CC(=N)C(F)(F)F)=Nc3ccccc3Cl)cc2)cc1. The van der Waals surface area contributed by atoms with E-state index in [0.717, 1.165) is 5.56 Å². The van der Waals surface area contributed by atoms with E-state index in [1.165, 1.54) is 48.5 Å². The summed E-state index contributed by atoms with van der Waals surface area (Å²) in [5.41, 5.74) is -0.112. The summed E-state index contributed by atoms with van der Waals surface area (Å²) in [7, 11) is -3.65. The van der Waals surface area contributed by atoms with Crippen molar-refractivity contribution < 1.29 is 31.1 Å². The van der Waals surface area contributed by atoms with Crippen LogP contribution in [0.25, 0.3) is 0 Å². The zero-order valence-corrected chi connectivity index (χ0v) is 21.1. The van der Waals surface area contributed by atoms with Crippen LogP contribution in [0.1, 0.15) is 27.9 Å². The predicted octanol–water partition coefficient (Wildman–Crippen LogP) is 6.37. The number of hydrogen-bond donors (Lipinski definition) is 1. The lowest BCUT2D eigenvalue weighted by molar-refractivity contribution is -0.0605. The second kappa shape index (κ2) is 11.7. The van der Waals surface area contributed by atoms with Gasteiger partial charge in [-0.05, 0) is 48.9 Å². The molecule has 3 aromatic carbocycles. The number of benzene rings is 3. The van der Waals surface area contributed by atoms with Crippen LogP contribution in [0.4, 0.5) is 18.9 Å². The minimum Gasteiger partial charge on any atom is -0.461 e. The summed E-state index contributed by atoms with van der Waals surface area (Å²) in [5.74, 6) is -1.20. The van der Waals surface area contributed by atoms with E-state index in [-0.39, 0.29) is 39.1 Å². The Balaban J connectivity index is 1.74. The maximum absolute atomic E-state index is 13.0. The minimum absolute atomic E-state index is 0.0690. The van der Waals surface area contributed by atoms with Crippen LogP contribution in [0.5, 0.6) is 0 Å². The van der Waals surface area contributed by atoms with E-state index in [1.807, 2.05) is 6.92 Å². The van der Waals surface area contributed by atoms with Crippen LogP contribution in [-0.4, -0.2) is 44.3 Å². The molecule has 37 heavy (non-hydrogen) atoms. The monoisotopic (exact) mass is 550 g/mol. The highest BCUT2D eigenvalue weighted by atomic mass is 35.5. The fourth-order valence-corrected chi connectivity index (χ4v) is 4.42. The fourth-order valence-electron chi connectivity index (χ4n) is 3.15. The van der Waals surface area contributed by atoms with Gasteiger partial charge in [-0.15, -0.1) is 0 Å². The third-order valence-electron chi connectivity index (χ3n) is 5.21. The van der Waals surface area contributed by atoms with Crippen LogP contribution in [0.15, 0.2) is 82.7 Å². The van der Waals surface area contributed by atoms with Crippen molar-refractivity contribution in [3.63, 3.8) is 0 Å². The zero-order chi connectivity index (χ0) is 27.2. The molecule has 0 saturated heterocycles. The van der Waals surface area contributed by atoms with Crippen LogP contribution in [0.2, 0.25) is 5.02 Å². The highest BCUT2D eigenvalue weighted by Gasteiger charge is 2.35. The van der Waals surface area contributed by atoms with Gasteiger partial charge in [0.05, 0.1) is 32.6 Å². The third-order valence-corrected chi connectivity index (χ3v) is 7.23. The zero-order valence-electron chi connectivity index (χ0n) is 19.5. The van der Waals surface area contributed by atoms with Crippen LogP contribution in [0.3, 0.4) is 0 Å². The Labute approximate surface area is 217 Å². The molecule has 0 atom stereocenters. The standard InChI is InChI=1S/C26H22ClF3N2O4S/c1-17-6-12-20(13-7-17)37(34,35)15-14-36-25(33)19-10-8-18(9-11-19)23(16-24(31)26(28,29)30)32-22-5-3-2-4-21(22)27/h2-13,31H,14-16H2,1H3. The number of nitrogens with one attached hydrogen (secondary N) is 1. The van der Waals surface area contributed by atoms with Gasteiger partial charge < -0.3 is 10.1 Å². The molecule has 0 aromatic heterocycles. The highest BCUT2D eigenvalue weighted by Crippen LogP contribution is 2.27. The van der Waals surface area contributed by atoms with E-state index in [0.29, 0.717) is 0 Å². The van der Waals surface area contributed by atoms with Gasteiger partial charge in [-0.3, -0.25) is 4.99 Å². The molecular formula is C26H22ClF3N2O4S. The Bertz CT molecular complexity index is 1420. The molecule has 3 aromatic rings. The lowest BCUT2D eigenvalue weighted by Gasteiger charge is -2.12. The summed E-state index contributed by atoms with van der Waals surface area (Å²) in [6.45, 7) is 1.45. The quantitative estimate of drug-likeness (QED) is 0.247. The number of alkyl halides is 3. The normalized spacial score (nSPS) is 12.3. The summed E-state index contributed by atoms with van der Waals surface area (Å²) in [6.07, 6.45) is -5.64. The number of hydrogen-bond acceptors (Lipinski definition) is 6. The van der Waals surface area contributed by atoms with Gasteiger partial charge in [-0.1, -0.05) is 53.6 Å². The molecule has 1 N–H and O–H groups in total. The van der Waals surface area contributed by atoms with Crippen LogP contribution >= 0.6 is 11.6 Å². The van der Waals surface area contributed by atoms with Gasteiger partial charge in [0.15, 0.2) is 9.84 Å². The number of aryl methyl sites for hydroxylation is 1. The average molecular weight is 551 g/mol. The van der Waals surface area contributed by atoms with Crippen molar-refractivity contribution in [1.82, 2.24) is 0 Å². The van der Waals surface area contributed by atoms with E-state index in [9.17, 15) is 26.4 Å². The number of carbonyl (C=O) groups is 1. The van der Waals surface area contributed by atoms with Gasteiger partial charge in [-0.25, -0.2) is 13.2 Å².